The highest BCUT2D eigenvalue weighted by Gasteiger charge is 2.07. The van der Waals surface area contributed by atoms with Crippen molar-refractivity contribution in [3.63, 3.8) is 0 Å². The average molecular weight is 210 g/mol. The lowest BCUT2D eigenvalue weighted by Gasteiger charge is -2.13. The Balaban J connectivity index is 2.69. The summed E-state index contributed by atoms with van der Waals surface area (Å²) in [5.74, 6) is 0. The molecule has 1 atom stereocenters. The monoisotopic (exact) mass is 210 g/mol. The Labute approximate surface area is 87.9 Å². The topological polar surface area (TPSA) is 75.4 Å². The number of hydrogen-bond acceptors (Lipinski definition) is 4. The third-order valence-electron chi connectivity index (χ3n) is 2.03. The lowest BCUT2D eigenvalue weighted by Crippen LogP contribution is -2.16. The summed E-state index contributed by atoms with van der Waals surface area (Å²) >= 11 is 0. The van der Waals surface area contributed by atoms with E-state index in [0.29, 0.717) is 12.1 Å². The van der Waals surface area contributed by atoms with Crippen LogP contribution < -0.4 is 5.32 Å². The highest BCUT2D eigenvalue weighted by Crippen LogP contribution is 2.17. The van der Waals surface area contributed by atoms with E-state index in [1.165, 1.54) is 12.1 Å². The molecular weight excluding hydrogens is 196 g/mol. The maximum Gasteiger partial charge on any atom is 0.271 e. The number of aliphatic hydroxyl groups is 1. The van der Waals surface area contributed by atoms with Gasteiger partial charge in [-0.25, -0.2) is 0 Å². The summed E-state index contributed by atoms with van der Waals surface area (Å²) in [4.78, 5) is 10.1. The number of hydrogen-bond donors (Lipinski definition) is 2. The van der Waals surface area contributed by atoms with Crippen LogP contribution in [-0.2, 0) is 0 Å². The van der Waals surface area contributed by atoms with Crippen LogP contribution in [0.5, 0.6) is 0 Å². The fourth-order valence-corrected chi connectivity index (χ4v) is 1.26. The second-order valence-electron chi connectivity index (χ2n) is 3.37. The minimum atomic E-state index is -0.429. The van der Waals surface area contributed by atoms with Gasteiger partial charge in [-0.2, -0.15) is 0 Å². The molecule has 1 rings (SSSR count). The molecule has 2 N–H and O–H groups in total. The molecule has 0 fully saturated rings. The van der Waals surface area contributed by atoms with E-state index in [2.05, 4.69) is 5.32 Å². The molecular formula is C10H14N2O3. The van der Waals surface area contributed by atoms with Crippen molar-refractivity contribution in [2.24, 2.45) is 0 Å². The van der Waals surface area contributed by atoms with Gasteiger partial charge >= 0.3 is 0 Å². The first-order valence-electron chi connectivity index (χ1n) is 4.75. The van der Waals surface area contributed by atoms with Crippen molar-refractivity contribution in [1.29, 1.82) is 0 Å². The van der Waals surface area contributed by atoms with E-state index >= 15 is 0 Å². The summed E-state index contributed by atoms with van der Waals surface area (Å²) in [6, 6.07) is 6.42. The Morgan fingerprint density at radius 2 is 2.33 bits per heavy atom. The number of nitrogens with zero attached hydrogens (tertiary/aromatic N) is 1. The smallest absolute Gasteiger partial charge is 0.271 e. The molecule has 0 amide bonds. The molecule has 0 bridgehead atoms. The first-order chi connectivity index (χ1) is 7.13. The maximum atomic E-state index is 10.5. The van der Waals surface area contributed by atoms with Crippen molar-refractivity contribution in [1.82, 2.24) is 0 Å². The van der Waals surface area contributed by atoms with E-state index < -0.39 is 4.92 Å². The van der Waals surface area contributed by atoms with Crippen LogP contribution in [0, 0.1) is 10.1 Å². The summed E-state index contributed by atoms with van der Waals surface area (Å²) in [5.41, 5.74) is 0.765. The van der Waals surface area contributed by atoms with E-state index in [9.17, 15) is 10.1 Å². The molecule has 82 valence electrons. The van der Waals surface area contributed by atoms with Crippen LogP contribution in [0.15, 0.2) is 24.3 Å². The number of aliphatic hydroxyl groups excluding tert-OH is 1. The zero-order valence-electron chi connectivity index (χ0n) is 8.51. The first-order valence-corrected chi connectivity index (χ1v) is 4.75. The number of benzene rings is 1. The quantitative estimate of drug-likeness (QED) is 0.573. The lowest BCUT2D eigenvalue weighted by atomic mass is 10.2. The maximum absolute atomic E-state index is 10.5. The minimum absolute atomic E-state index is 0.0659. The lowest BCUT2D eigenvalue weighted by molar-refractivity contribution is -0.384. The van der Waals surface area contributed by atoms with Gasteiger partial charge in [0.15, 0.2) is 0 Å². The van der Waals surface area contributed by atoms with Gasteiger partial charge < -0.3 is 10.4 Å². The molecule has 15 heavy (non-hydrogen) atoms. The third kappa shape index (κ3) is 3.55. The molecule has 5 nitrogen and oxygen atoms in total. The van der Waals surface area contributed by atoms with E-state index in [4.69, 9.17) is 5.11 Å². The second kappa shape index (κ2) is 5.31. The molecule has 1 unspecified atom stereocenters. The predicted molar refractivity (Wildman–Crippen MR) is 57.9 cm³/mol. The summed E-state index contributed by atoms with van der Waals surface area (Å²) in [5, 5.41) is 22.3. The normalized spacial score (nSPS) is 12.1. The fraction of sp³-hybridized carbons (Fsp3) is 0.400. The highest BCUT2D eigenvalue weighted by atomic mass is 16.6. The summed E-state index contributed by atoms with van der Waals surface area (Å²) in [6.07, 6.45) is 0.614. The summed E-state index contributed by atoms with van der Waals surface area (Å²) in [7, 11) is 0. The zero-order valence-corrected chi connectivity index (χ0v) is 8.51. The molecule has 5 heteroatoms. The van der Waals surface area contributed by atoms with Crippen LogP contribution in [-0.4, -0.2) is 22.7 Å². The molecule has 0 spiro atoms. The van der Waals surface area contributed by atoms with Crippen LogP contribution >= 0.6 is 0 Å². The number of nitrogens with one attached hydrogen (secondary N) is 1. The van der Waals surface area contributed by atoms with Gasteiger partial charge in [0.1, 0.15) is 0 Å². The summed E-state index contributed by atoms with van der Waals surface area (Å²) in [6.45, 7) is 2.01. The van der Waals surface area contributed by atoms with Gasteiger partial charge in [0, 0.05) is 30.5 Å². The number of nitro groups is 1. The molecule has 0 aromatic heterocycles. The zero-order chi connectivity index (χ0) is 11.3. The van der Waals surface area contributed by atoms with Crippen LogP contribution in [0.2, 0.25) is 0 Å². The van der Waals surface area contributed by atoms with Gasteiger partial charge in [-0.05, 0) is 19.4 Å². The van der Waals surface area contributed by atoms with Gasteiger partial charge in [0.25, 0.3) is 5.69 Å². The molecule has 1 aromatic rings. The third-order valence-corrected chi connectivity index (χ3v) is 2.03. The number of anilines is 1. The van der Waals surface area contributed by atoms with Gasteiger partial charge in [0.2, 0.25) is 0 Å². The predicted octanol–water partition coefficient (Wildman–Crippen LogP) is 1.78. The van der Waals surface area contributed by atoms with E-state index in [1.807, 2.05) is 6.92 Å². The van der Waals surface area contributed by atoms with Crippen molar-refractivity contribution in [2.45, 2.75) is 19.4 Å². The molecule has 0 saturated heterocycles. The Morgan fingerprint density at radius 3 is 2.93 bits per heavy atom. The SMILES string of the molecule is CC(CCO)Nc1cccc([N+](=O)[O-])c1. The first kappa shape index (κ1) is 11.5. The van der Waals surface area contributed by atoms with E-state index in [-0.39, 0.29) is 18.3 Å². The second-order valence-corrected chi connectivity index (χ2v) is 3.37. The number of rotatable bonds is 5. The largest absolute Gasteiger partial charge is 0.396 e. The Morgan fingerprint density at radius 1 is 1.60 bits per heavy atom. The Kier molecular flexibility index (Phi) is 4.05. The summed E-state index contributed by atoms with van der Waals surface area (Å²) < 4.78 is 0. The molecule has 0 saturated carbocycles. The van der Waals surface area contributed by atoms with Crippen molar-refractivity contribution < 1.29 is 10.0 Å². The van der Waals surface area contributed by atoms with E-state index in [1.54, 1.807) is 12.1 Å². The average Bonchev–Trinajstić information content (AvgIpc) is 2.18. The van der Waals surface area contributed by atoms with Gasteiger partial charge in [-0.3, -0.25) is 10.1 Å². The molecule has 0 aliphatic rings. The molecule has 0 heterocycles. The van der Waals surface area contributed by atoms with Crippen molar-refractivity contribution >= 4 is 11.4 Å². The van der Waals surface area contributed by atoms with E-state index in [0.717, 1.165) is 0 Å². The molecule has 1 aromatic carbocycles. The van der Waals surface area contributed by atoms with Crippen LogP contribution in [0.3, 0.4) is 0 Å². The highest BCUT2D eigenvalue weighted by molar-refractivity contribution is 5.51. The Hall–Kier alpha value is -1.62. The number of nitro benzene ring substituents is 1. The van der Waals surface area contributed by atoms with Crippen molar-refractivity contribution in [2.75, 3.05) is 11.9 Å². The molecule has 0 radical (unpaired) electrons. The van der Waals surface area contributed by atoms with Crippen LogP contribution in [0.1, 0.15) is 13.3 Å². The molecule has 0 aliphatic carbocycles. The van der Waals surface area contributed by atoms with Gasteiger partial charge in [-0.15, -0.1) is 0 Å². The Bertz CT molecular complexity index is 341. The molecule has 0 aliphatic heterocycles. The van der Waals surface area contributed by atoms with Crippen LogP contribution in [0.4, 0.5) is 11.4 Å². The standard InChI is InChI=1S/C10H14N2O3/c1-8(5-6-13)11-9-3-2-4-10(7-9)12(14)15/h2-4,7-8,11,13H,5-6H2,1H3. The van der Waals surface area contributed by atoms with Crippen molar-refractivity contribution in [3.05, 3.63) is 34.4 Å². The fourth-order valence-electron chi connectivity index (χ4n) is 1.26. The number of non-ortho nitro benzene ring substituents is 1. The van der Waals surface area contributed by atoms with Crippen molar-refractivity contribution in [3.8, 4) is 0 Å². The van der Waals surface area contributed by atoms with Gasteiger partial charge in [-0.1, -0.05) is 6.07 Å². The van der Waals surface area contributed by atoms with Crippen LogP contribution in [0.25, 0.3) is 0 Å². The van der Waals surface area contributed by atoms with Gasteiger partial charge in [0.05, 0.1) is 4.92 Å². The minimum Gasteiger partial charge on any atom is -0.396 e.